The lowest BCUT2D eigenvalue weighted by atomic mass is 10.1. The minimum Gasteiger partial charge on any atom is -0.464 e. The summed E-state index contributed by atoms with van der Waals surface area (Å²) in [4.78, 5) is 14.7. The van der Waals surface area contributed by atoms with Gasteiger partial charge in [0.25, 0.3) is 6.43 Å². The van der Waals surface area contributed by atoms with E-state index in [0.29, 0.717) is 5.56 Å². The van der Waals surface area contributed by atoms with Crippen molar-refractivity contribution in [2.45, 2.75) is 13.3 Å². The first-order valence-corrected chi connectivity index (χ1v) is 3.89. The molecule has 0 unspecified atom stereocenters. The smallest absolute Gasteiger partial charge is 0.356 e. The zero-order chi connectivity index (χ0) is 10.7. The maximum Gasteiger partial charge on any atom is 0.356 e. The van der Waals surface area contributed by atoms with Gasteiger partial charge in [0.05, 0.1) is 7.11 Å². The van der Waals surface area contributed by atoms with Crippen molar-refractivity contribution >= 4 is 5.97 Å². The Hall–Kier alpha value is -1.52. The molecule has 0 aliphatic rings. The van der Waals surface area contributed by atoms with Crippen LogP contribution in [0.3, 0.4) is 0 Å². The van der Waals surface area contributed by atoms with Gasteiger partial charge in [0.15, 0.2) is 0 Å². The number of rotatable bonds is 2. The molecule has 3 nitrogen and oxygen atoms in total. The molecule has 5 heteroatoms. The van der Waals surface area contributed by atoms with Crippen LogP contribution in [0.1, 0.15) is 28.0 Å². The van der Waals surface area contributed by atoms with Crippen molar-refractivity contribution in [1.29, 1.82) is 0 Å². The van der Waals surface area contributed by atoms with E-state index < -0.39 is 12.4 Å². The van der Waals surface area contributed by atoms with Gasteiger partial charge in [-0.1, -0.05) is 0 Å². The first-order valence-electron chi connectivity index (χ1n) is 3.89. The molecule has 1 aromatic heterocycles. The van der Waals surface area contributed by atoms with E-state index in [1.165, 1.54) is 20.2 Å². The fourth-order valence-corrected chi connectivity index (χ4v) is 0.991. The summed E-state index contributed by atoms with van der Waals surface area (Å²) in [5, 5.41) is 0. The molecule has 0 N–H and O–H groups in total. The Labute approximate surface area is 79.7 Å². The third-order valence-corrected chi connectivity index (χ3v) is 1.77. The highest BCUT2D eigenvalue weighted by Crippen LogP contribution is 2.22. The summed E-state index contributed by atoms with van der Waals surface area (Å²) in [6, 6.07) is 1.05. The van der Waals surface area contributed by atoms with Gasteiger partial charge in [-0.25, -0.2) is 18.6 Å². The summed E-state index contributed by atoms with van der Waals surface area (Å²) >= 11 is 0. The number of aryl methyl sites for hydroxylation is 1. The second-order valence-corrected chi connectivity index (χ2v) is 2.72. The topological polar surface area (TPSA) is 39.2 Å². The van der Waals surface area contributed by atoms with Crippen LogP contribution in [0.15, 0.2) is 12.3 Å². The van der Waals surface area contributed by atoms with Crippen LogP contribution in [0.2, 0.25) is 0 Å². The van der Waals surface area contributed by atoms with Crippen molar-refractivity contribution in [1.82, 2.24) is 4.98 Å². The van der Waals surface area contributed by atoms with Crippen LogP contribution >= 0.6 is 0 Å². The van der Waals surface area contributed by atoms with Crippen LogP contribution in [0.25, 0.3) is 0 Å². The van der Waals surface area contributed by atoms with E-state index in [2.05, 4.69) is 9.72 Å². The van der Waals surface area contributed by atoms with E-state index in [0.717, 1.165) is 6.07 Å². The molecule has 0 aliphatic heterocycles. The number of hydrogen-bond donors (Lipinski definition) is 0. The van der Waals surface area contributed by atoms with Gasteiger partial charge >= 0.3 is 5.97 Å². The molecule has 0 spiro atoms. The summed E-state index contributed by atoms with van der Waals surface area (Å²) in [5.41, 5.74) is 0.0569. The van der Waals surface area contributed by atoms with Crippen LogP contribution in [0.4, 0.5) is 8.78 Å². The maximum absolute atomic E-state index is 12.4. The molecule has 0 amide bonds. The number of alkyl halides is 2. The molecule has 0 fully saturated rings. The summed E-state index contributed by atoms with van der Waals surface area (Å²) in [6.07, 6.45) is -1.38. The van der Waals surface area contributed by atoms with E-state index >= 15 is 0 Å². The third kappa shape index (κ3) is 2.04. The Kier molecular flexibility index (Phi) is 3.11. The SMILES string of the molecule is COC(=O)c1cc(C(F)F)c(C)cn1. The molecule has 14 heavy (non-hydrogen) atoms. The fraction of sp³-hybridized carbons (Fsp3) is 0.333. The standard InChI is InChI=1S/C9H9F2NO2/c1-5-4-12-7(9(13)14-2)3-6(5)8(10)11/h3-4,8H,1-2H3. The Bertz CT molecular complexity index is 353. The van der Waals surface area contributed by atoms with Crippen molar-refractivity contribution in [3.8, 4) is 0 Å². The van der Waals surface area contributed by atoms with Crippen molar-refractivity contribution in [2.24, 2.45) is 0 Å². The molecular formula is C9H9F2NO2. The minimum absolute atomic E-state index is 0.103. The zero-order valence-electron chi connectivity index (χ0n) is 7.75. The highest BCUT2D eigenvalue weighted by Gasteiger charge is 2.15. The summed E-state index contributed by atoms with van der Waals surface area (Å²) in [6.45, 7) is 1.51. The van der Waals surface area contributed by atoms with Gasteiger partial charge in [0.1, 0.15) is 5.69 Å². The lowest BCUT2D eigenvalue weighted by molar-refractivity contribution is 0.0593. The minimum atomic E-state index is -2.61. The van der Waals surface area contributed by atoms with Crippen molar-refractivity contribution < 1.29 is 18.3 Å². The van der Waals surface area contributed by atoms with E-state index in [1.807, 2.05) is 0 Å². The molecule has 0 saturated heterocycles. The van der Waals surface area contributed by atoms with Crippen molar-refractivity contribution in [3.63, 3.8) is 0 Å². The lowest BCUT2D eigenvalue weighted by Crippen LogP contribution is -2.06. The quantitative estimate of drug-likeness (QED) is 0.688. The predicted molar refractivity (Wildman–Crippen MR) is 45.3 cm³/mol. The number of carbonyl (C=O) groups is 1. The lowest BCUT2D eigenvalue weighted by Gasteiger charge is -2.05. The van der Waals surface area contributed by atoms with Crippen LogP contribution in [0, 0.1) is 6.92 Å². The average molecular weight is 201 g/mol. The summed E-state index contributed by atoms with van der Waals surface area (Å²) in [7, 11) is 1.17. The van der Waals surface area contributed by atoms with E-state index in [1.54, 1.807) is 0 Å². The van der Waals surface area contributed by atoms with Crippen LogP contribution in [-0.2, 0) is 4.74 Å². The predicted octanol–water partition coefficient (Wildman–Crippen LogP) is 2.11. The number of aromatic nitrogens is 1. The normalized spacial score (nSPS) is 10.4. The van der Waals surface area contributed by atoms with Crippen molar-refractivity contribution in [2.75, 3.05) is 7.11 Å². The van der Waals surface area contributed by atoms with Gasteiger partial charge in [0, 0.05) is 11.8 Å². The molecule has 0 aromatic carbocycles. The summed E-state index contributed by atoms with van der Waals surface area (Å²) in [5.74, 6) is -0.716. The second-order valence-electron chi connectivity index (χ2n) is 2.72. The maximum atomic E-state index is 12.4. The number of methoxy groups -OCH3 is 1. The van der Waals surface area contributed by atoms with Gasteiger partial charge in [0.2, 0.25) is 0 Å². The Morgan fingerprint density at radius 3 is 2.71 bits per heavy atom. The zero-order valence-corrected chi connectivity index (χ0v) is 7.75. The van der Waals surface area contributed by atoms with Gasteiger partial charge < -0.3 is 4.74 Å². The van der Waals surface area contributed by atoms with E-state index in [4.69, 9.17) is 0 Å². The highest BCUT2D eigenvalue weighted by molar-refractivity contribution is 5.87. The molecule has 1 heterocycles. The largest absolute Gasteiger partial charge is 0.464 e. The Morgan fingerprint density at radius 2 is 2.21 bits per heavy atom. The monoisotopic (exact) mass is 201 g/mol. The first kappa shape index (κ1) is 10.6. The number of pyridine rings is 1. The number of esters is 1. The van der Waals surface area contributed by atoms with Crippen LogP contribution in [0.5, 0.6) is 0 Å². The molecule has 1 aromatic rings. The van der Waals surface area contributed by atoms with Crippen LogP contribution < -0.4 is 0 Å². The Morgan fingerprint density at radius 1 is 1.57 bits per heavy atom. The summed E-state index contributed by atoms with van der Waals surface area (Å²) < 4.78 is 29.2. The number of nitrogens with zero attached hydrogens (tertiary/aromatic N) is 1. The van der Waals surface area contributed by atoms with Gasteiger partial charge in [-0.05, 0) is 18.6 Å². The highest BCUT2D eigenvalue weighted by atomic mass is 19.3. The molecule has 1 rings (SSSR count). The molecule has 0 atom stereocenters. The average Bonchev–Trinajstić information content (AvgIpc) is 2.17. The van der Waals surface area contributed by atoms with Gasteiger partial charge in [-0.2, -0.15) is 0 Å². The molecule has 0 saturated carbocycles. The fourth-order valence-electron chi connectivity index (χ4n) is 0.991. The number of hydrogen-bond acceptors (Lipinski definition) is 3. The van der Waals surface area contributed by atoms with Gasteiger partial charge in [-0.3, -0.25) is 0 Å². The van der Waals surface area contributed by atoms with E-state index in [9.17, 15) is 13.6 Å². The molecule has 0 aliphatic carbocycles. The van der Waals surface area contributed by atoms with Crippen molar-refractivity contribution in [3.05, 3.63) is 29.1 Å². The number of halogens is 2. The number of carbonyl (C=O) groups excluding carboxylic acids is 1. The molecule has 0 radical (unpaired) electrons. The van der Waals surface area contributed by atoms with Gasteiger partial charge in [-0.15, -0.1) is 0 Å². The third-order valence-electron chi connectivity index (χ3n) is 1.77. The molecule has 76 valence electrons. The molecular weight excluding hydrogens is 192 g/mol. The van der Waals surface area contributed by atoms with E-state index in [-0.39, 0.29) is 11.3 Å². The molecule has 0 bridgehead atoms. The Balaban J connectivity index is 3.13. The first-order chi connectivity index (χ1) is 6.56. The van der Waals surface area contributed by atoms with Crippen LogP contribution in [-0.4, -0.2) is 18.1 Å². The number of ether oxygens (including phenoxy) is 1. The second kappa shape index (κ2) is 4.13.